The standard InChI is InChI=1S/C23H38N4O2/c1-5-6-7-10-19(3)24-22(28)16-26-12-14-27(15-13-26)17-23(29)25-21-11-8-9-18(2)20(21)4/h8-9,11,19H,5-7,10,12-17H2,1-4H3,(H,24,28)(H,25,29)/t19-/m1/s1. The van der Waals surface area contributed by atoms with Crippen molar-refractivity contribution in [1.82, 2.24) is 15.1 Å². The van der Waals surface area contributed by atoms with Gasteiger partial charge in [-0.25, -0.2) is 0 Å². The Balaban J connectivity index is 1.67. The lowest BCUT2D eigenvalue weighted by molar-refractivity contribution is -0.124. The van der Waals surface area contributed by atoms with E-state index in [1.807, 2.05) is 32.0 Å². The molecule has 6 nitrogen and oxygen atoms in total. The summed E-state index contributed by atoms with van der Waals surface area (Å²) < 4.78 is 0. The fourth-order valence-corrected chi connectivity index (χ4v) is 3.68. The summed E-state index contributed by atoms with van der Waals surface area (Å²) in [6.45, 7) is 12.4. The number of aryl methyl sites for hydroxylation is 1. The van der Waals surface area contributed by atoms with Crippen LogP contribution in [0, 0.1) is 13.8 Å². The van der Waals surface area contributed by atoms with Crippen molar-refractivity contribution in [3.05, 3.63) is 29.3 Å². The van der Waals surface area contributed by atoms with Gasteiger partial charge in [-0.3, -0.25) is 19.4 Å². The number of hydrogen-bond donors (Lipinski definition) is 2. The molecule has 1 aromatic rings. The SMILES string of the molecule is CCCCC[C@@H](C)NC(=O)CN1CCN(CC(=O)Nc2cccc(C)c2C)CC1. The van der Waals surface area contributed by atoms with Crippen molar-refractivity contribution in [2.24, 2.45) is 0 Å². The number of rotatable bonds is 10. The molecule has 2 N–H and O–H groups in total. The van der Waals surface area contributed by atoms with Gasteiger partial charge >= 0.3 is 0 Å². The van der Waals surface area contributed by atoms with E-state index in [0.29, 0.717) is 13.1 Å². The maximum Gasteiger partial charge on any atom is 0.238 e. The zero-order valence-corrected chi connectivity index (χ0v) is 18.6. The molecule has 1 aliphatic rings. The number of piperazine rings is 1. The molecule has 0 saturated carbocycles. The molecular weight excluding hydrogens is 364 g/mol. The lowest BCUT2D eigenvalue weighted by atomic mass is 10.1. The highest BCUT2D eigenvalue weighted by Crippen LogP contribution is 2.18. The third kappa shape index (κ3) is 8.15. The topological polar surface area (TPSA) is 64.7 Å². The van der Waals surface area contributed by atoms with Crippen LogP contribution in [-0.2, 0) is 9.59 Å². The minimum atomic E-state index is 0.0193. The zero-order valence-electron chi connectivity index (χ0n) is 18.6. The predicted molar refractivity (Wildman–Crippen MR) is 119 cm³/mol. The van der Waals surface area contributed by atoms with Crippen molar-refractivity contribution in [2.75, 3.05) is 44.6 Å². The molecule has 0 unspecified atom stereocenters. The van der Waals surface area contributed by atoms with E-state index in [0.717, 1.165) is 43.9 Å². The Kier molecular flexibility index (Phi) is 9.61. The number of hydrogen-bond acceptors (Lipinski definition) is 4. The van der Waals surface area contributed by atoms with Crippen LogP contribution in [0.1, 0.15) is 50.7 Å². The molecule has 1 atom stereocenters. The summed E-state index contributed by atoms with van der Waals surface area (Å²) in [4.78, 5) is 29.0. The molecule has 162 valence electrons. The fraction of sp³-hybridized carbons (Fsp3) is 0.652. The van der Waals surface area contributed by atoms with Crippen molar-refractivity contribution >= 4 is 17.5 Å². The summed E-state index contributed by atoms with van der Waals surface area (Å²) in [7, 11) is 0. The van der Waals surface area contributed by atoms with Crippen LogP contribution in [0.4, 0.5) is 5.69 Å². The van der Waals surface area contributed by atoms with Crippen LogP contribution in [-0.4, -0.2) is 66.9 Å². The zero-order chi connectivity index (χ0) is 21.2. The van der Waals surface area contributed by atoms with E-state index in [4.69, 9.17) is 0 Å². The minimum absolute atomic E-state index is 0.0193. The van der Waals surface area contributed by atoms with E-state index >= 15 is 0 Å². The normalized spacial score (nSPS) is 16.4. The highest BCUT2D eigenvalue weighted by molar-refractivity contribution is 5.93. The van der Waals surface area contributed by atoms with E-state index in [1.165, 1.54) is 24.8 Å². The largest absolute Gasteiger partial charge is 0.353 e. The van der Waals surface area contributed by atoms with Gasteiger partial charge in [-0.05, 0) is 44.4 Å². The third-order valence-corrected chi connectivity index (χ3v) is 5.73. The van der Waals surface area contributed by atoms with Gasteiger partial charge in [0.05, 0.1) is 13.1 Å². The molecule has 29 heavy (non-hydrogen) atoms. The molecule has 0 aromatic heterocycles. The Hall–Kier alpha value is -1.92. The molecule has 0 spiro atoms. The summed E-state index contributed by atoms with van der Waals surface area (Å²) in [5.41, 5.74) is 3.17. The molecule has 2 amide bonds. The van der Waals surface area contributed by atoms with Gasteiger partial charge < -0.3 is 10.6 Å². The summed E-state index contributed by atoms with van der Waals surface area (Å²) in [5.74, 6) is 0.126. The number of benzene rings is 1. The summed E-state index contributed by atoms with van der Waals surface area (Å²) in [5, 5.41) is 6.13. The van der Waals surface area contributed by atoms with Crippen LogP contribution in [0.15, 0.2) is 18.2 Å². The Labute approximate surface area is 176 Å². The summed E-state index contributed by atoms with van der Waals surface area (Å²) in [6, 6.07) is 6.20. The first-order valence-electron chi connectivity index (χ1n) is 11.0. The molecule has 6 heteroatoms. The quantitative estimate of drug-likeness (QED) is 0.591. The Morgan fingerprint density at radius 2 is 1.62 bits per heavy atom. The molecular formula is C23H38N4O2. The lowest BCUT2D eigenvalue weighted by Gasteiger charge is -2.34. The minimum Gasteiger partial charge on any atom is -0.353 e. The molecule has 0 bridgehead atoms. The predicted octanol–water partition coefficient (Wildman–Crippen LogP) is 2.94. The molecule has 1 aromatic carbocycles. The van der Waals surface area contributed by atoms with Crippen LogP contribution in [0.25, 0.3) is 0 Å². The molecule has 2 rings (SSSR count). The summed E-state index contributed by atoms with van der Waals surface area (Å²) in [6.07, 6.45) is 4.64. The molecule has 0 radical (unpaired) electrons. The number of nitrogens with one attached hydrogen (secondary N) is 2. The Bertz CT molecular complexity index is 669. The van der Waals surface area contributed by atoms with Crippen LogP contribution in [0.3, 0.4) is 0 Å². The van der Waals surface area contributed by atoms with Crippen molar-refractivity contribution in [2.45, 2.75) is 59.4 Å². The van der Waals surface area contributed by atoms with E-state index in [9.17, 15) is 9.59 Å². The number of amides is 2. The fourth-order valence-electron chi connectivity index (χ4n) is 3.68. The van der Waals surface area contributed by atoms with Gasteiger partial charge in [0.15, 0.2) is 0 Å². The monoisotopic (exact) mass is 402 g/mol. The molecule has 1 heterocycles. The van der Waals surface area contributed by atoms with E-state index in [-0.39, 0.29) is 17.9 Å². The highest BCUT2D eigenvalue weighted by Gasteiger charge is 2.21. The number of unbranched alkanes of at least 4 members (excludes halogenated alkanes) is 2. The maximum atomic E-state index is 12.4. The van der Waals surface area contributed by atoms with Gasteiger partial charge in [0.1, 0.15) is 0 Å². The average Bonchev–Trinajstić information content (AvgIpc) is 2.67. The lowest BCUT2D eigenvalue weighted by Crippen LogP contribution is -2.51. The van der Waals surface area contributed by atoms with Crippen LogP contribution in [0.2, 0.25) is 0 Å². The molecule has 1 saturated heterocycles. The van der Waals surface area contributed by atoms with E-state index < -0.39 is 0 Å². The van der Waals surface area contributed by atoms with E-state index in [2.05, 4.69) is 34.3 Å². The second kappa shape index (κ2) is 11.9. The first-order chi connectivity index (χ1) is 13.9. The second-order valence-corrected chi connectivity index (χ2v) is 8.31. The Morgan fingerprint density at radius 3 is 2.24 bits per heavy atom. The number of nitrogens with zero attached hydrogens (tertiary/aromatic N) is 2. The third-order valence-electron chi connectivity index (χ3n) is 5.73. The number of anilines is 1. The first kappa shape index (κ1) is 23.4. The van der Waals surface area contributed by atoms with Gasteiger partial charge in [0.25, 0.3) is 0 Å². The van der Waals surface area contributed by atoms with Crippen LogP contribution < -0.4 is 10.6 Å². The Morgan fingerprint density at radius 1 is 1.00 bits per heavy atom. The van der Waals surface area contributed by atoms with Gasteiger partial charge in [-0.2, -0.15) is 0 Å². The highest BCUT2D eigenvalue weighted by atomic mass is 16.2. The van der Waals surface area contributed by atoms with Crippen molar-refractivity contribution in [1.29, 1.82) is 0 Å². The second-order valence-electron chi connectivity index (χ2n) is 8.31. The van der Waals surface area contributed by atoms with Crippen molar-refractivity contribution < 1.29 is 9.59 Å². The van der Waals surface area contributed by atoms with Crippen LogP contribution >= 0.6 is 0 Å². The van der Waals surface area contributed by atoms with Gasteiger partial charge in [0, 0.05) is 37.9 Å². The first-order valence-corrected chi connectivity index (χ1v) is 11.0. The van der Waals surface area contributed by atoms with Gasteiger partial charge in [-0.1, -0.05) is 38.3 Å². The summed E-state index contributed by atoms with van der Waals surface area (Å²) >= 11 is 0. The number of carbonyl (C=O) groups is 2. The molecule has 1 aliphatic heterocycles. The van der Waals surface area contributed by atoms with Gasteiger partial charge in [-0.15, -0.1) is 0 Å². The van der Waals surface area contributed by atoms with Gasteiger partial charge in [0.2, 0.25) is 11.8 Å². The van der Waals surface area contributed by atoms with Crippen LogP contribution in [0.5, 0.6) is 0 Å². The molecule has 0 aliphatic carbocycles. The smallest absolute Gasteiger partial charge is 0.238 e. The number of carbonyl (C=O) groups excluding carboxylic acids is 2. The average molecular weight is 403 g/mol. The maximum absolute atomic E-state index is 12.4. The van der Waals surface area contributed by atoms with E-state index in [1.54, 1.807) is 0 Å². The molecule has 1 fully saturated rings. The van der Waals surface area contributed by atoms with Crippen molar-refractivity contribution in [3.63, 3.8) is 0 Å². The van der Waals surface area contributed by atoms with Crippen molar-refractivity contribution in [3.8, 4) is 0 Å².